The van der Waals surface area contributed by atoms with Crippen molar-refractivity contribution in [2.75, 3.05) is 0 Å². The van der Waals surface area contributed by atoms with Gasteiger partial charge in [-0.05, 0) is 359 Å². The normalized spacial score (nSPS) is 48.3. The van der Waals surface area contributed by atoms with Gasteiger partial charge in [-0.15, -0.1) is 0 Å². The molecule has 29 unspecified atom stereocenters. The molecule has 0 saturated heterocycles. The monoisotopic (exact) mass is 1240 g/mol. The lowest BCUT2D eigenvalue weighted by Crippen LogP contribution is -2.53. The van der Waals surface area contributed by atoms with Gasteiger partial charge in [0.2, 0.25) is 0 Å². The molecule has 16 saturated carbocycles. The molecule has 16 bridgehead atoms. The molecule has 16 aliphatic rings. The Kier molecular flexibility index (Phi) is 17.2. The molecule has 508 valence electrons. The van der Waals surface area contributed by atoms with E-state index in [2.05, 4.69) is 69.2 Å². The average molecular weight is 1250 g/mol. The maximum Gasteiger partial charge on any atom is 0.312 e. The van der Waals surface area contributed by atoms with Gasteiger partial charge in [0.1, 0.15) is 22.4 Å². The van der Waals surface area contributed by atoms with Crippen molar-refractivity contribution in [3.63, 3.8) is 0 Å². The van der Waals surface area contributed by atoms with Crippen LogP contribution < -0.4 is 0 Å². The smallest absolute Gasteiger partial charge is 0.312 e. The van der Waals surface area contributed by atoms with E-state index in [0.717, 1.165) is 183 Å². The third-order valence-corrected chi connectivity index (χ3v) is 33.6. The zero-order valence-electron chi connectivity index (χ0n) is 60.7. The van der Waals surface area contributed by atoms with Gasteiger partial charge in [0.15, 0.2) is 0 Å². The molecule has 16 fully saturated rings. The van der Waals surface area contributed by atoms with Crippen molar-refractivity contribution in [1.82, 2.24) is 0 Å². The van der Waals surface area contributed by atoms with Gasteiger partial charge in [-0.3, -0.25) is 19.2 Å². The Morgan fingerprint density at radius 3 is 1.04 bits per heavy atom. The quantitative estimate of drug-likeness (QED) is 0.0855. The summed E-state index contributed by atoms with van der Waals surface area (Å²) in [7, 11) is 0. The average Bonchev–Trinajstić information content (AvgIpc) is 1.57. The van der Waals surface area contributed by atoms with Gasteiger partial charge < -0.3 is 18.9 Å². The van der Waals surface area contributed by atoms with Crippen LogP contribution in [0, 0.1) is 176 Å². The van der Waals surface area contributed by atoms with Crippen molar-refractivity contribution in [2.45, 2.75) is 314 Å². The Bertz CT molecular complexity index is 2700. The molecule has 0 N–H and O–H groups in total. The SMILES string of the molecule is CCC(C)(C)C(=O)OC1(C(C)C)CC2CC1C1C3CCC(C3)C21.CCC(C)(C)C(=O)OC1(C)CC2CC1C1C3CCC(C3)C21.CCC(C)(C)C(=O)OC1(CC)CC2CC1C1C3CCC(C3)C21.CCC(C)C1(OC(=O)C(C)(C)CC)CC2CC1C1C3CCC(C3)C21. The van der Waals surface area contributed by atoms with Gasteiger partial charge in [0.05, 0.1) is 21.7 Å². The number of hydrogen-bond acceptors (Lipinski definition) is 8. The lowest BCUT2D eigenvalue weighted by Gasteiger charge is -2.49. The van der Waals surface area contributed by atoms with Crippen LogP contribution in [0.2, 0.25) is 0 Å². The van der Waals surface area contributed by atoms with E-state index in [1.165, 1.54) is 103 Å². The highest BCUT2D eigenvalue weighted by Crippen LogP contribution is 2.75. The van der Waals surface area contributed by atoms with Crippen molar-refractivity contribution >= 4 is 23.9 Å². The predicted molar refractivity (Wildman–Crippen MR) is 358 cm³/mol. The first-order valence-electron chi connectivity index (χ1n) is 39.3. The maximum atomic E-state index is 13.0. The fraction of sp³-hybridized carbons (Fsp3) is 0.951. The molecule has 16 rings (SSSR count). The van der Waals surface area contributed by atoms with E-state index in [4.69, 9.17) is 18.9 Å². The van der Waals surface area contributed by atoms with E-state index in [-0.39, 0.29) is 67.9 Å². The van der Waals surface area contributed by atoms with Crippen LogP contribution in [0.1, 0.15) is 292 Å². The standard InChI is InChI=1S/C22H36O2.C21H34O2.C20H32O2.C19H30O2/c1-6-13(3)22(24-20(23)21(4,5)7-2)12-16-11-17(22)19-15-9-8-14(10-15)18(16)19;1-6-20(4,5)19(22)23-21(12(2)3)11-15-10-16(21)18-14-8-7-13(9-14)17(15)18;1-5-19(3,4)18(21)22-20(6-2)11-14-10-15(20)17-13-8-7-12(9-13)16(14)17;1-5-18(2,3)17(20)21-19(4)10-13-9-14(19)16-12-7-6-11(8-12)15(13)16/h13-19H,6-12H2,1-5H3;12-18H,6-11H2,1-5H3;12-17H,5-11H2,1-4H3;11-16H,5-10H2,1-4H3. The summed E-state index contributed by atoms with van der Waals surface area (Å²) in [6.07, 6.45) is 33.1. The van der Waals surface area contributed by atoms with Crippen molar-refractivity contribution in [3.8, 4) is 0 Å². The number of ether oxygens (including phenoxy) is 4. The second kappa shape index (κ2) is 23.3. The first kappa shape index (κ1) is 66.5. The third kappa shape index (κ3) is 10.2. The Morgan fingerprint density at radius 1 is 0.356 bits per heavy atom. The number of hydrogen-bond donors (Lipinski definition) is 0. The molecule has 0 spiro atoms. The van der Waals surface area contributed by atoms with Gasteiger partial charge >= 0.3 is 23.9 Å². The molecule has 0 aromatic rings. The van der Waals surface area contributed by atoms with E-state index in [1.807, 2.05) is 55.4 Å². The minimum absolute atomic E-state index is 0.0276. The van der Waals surface area contributed by atoms with E-state index in [9.17, 15) is 19.2 Å². The molecule has 0 aliphatic heterocycles. The summed E-state index contributed by atoms with van der Waals surface area (Å²) in [6.45, 7) is 38.3. The fourth-order valence-electron chi connectivity index (χ4n) is 27.4. The van der Waals surface area contributed by atoms with Crippen molar-refractivity contribution in [3.05, 3.63) is 0 Å². The van der Waals surface area contributed by atoms with Gasteiger partial charge in [0, 0.05) is 23.7 Å². The van der Waals surface area contributed by atoms with Gasteiger partial charge in [-0.2, -0.15) is 0 Å². The minimum Gasteiger partial charge on any atom is -0.459 e. The zero-order valence-corrected chi connectivity index (χ0v) is 60.7. The van der Waals surface area contributed by atoms with Crippen LogP contribution in [0.15, 0.2) is 0 Å². The van der Waals surface area contributed by atoms with Crippen LogP contribution in [0.4, 0.5) is 0 Å². The molecule has 0 aromatic carbocycles. The zero-order chi connectivity index (χ0) is 64.5. The van der Waals surface area contributed by atoms with Crippen LogP contribution in [-0.2, 0) is 38.1 Å². The number of carbonyl (C=O) groups is 4. The molecule has 90 heavy (non-hydrogen) atoms. The highest BCUT2D eigenvalue weighted by atomic mass is 16.6. The minimum atomic E-state index is -0.351. The Balaban J connectivity index is 0.000000110. The molecular formula is C82H132O8. The molecule has 8 nitrogen and oxygen atoms in total. The molecular weight excluding hydrogens is 1110 g/mol. The molecule has 0 radical (unpaired) electrons. The Hall–Kier alpha value is -2.12. The summed E-state index contributed by atoms with van der Waals surface area (Å²) in [5, 5.41) is 0. The Labute approximate surface area is 548 Å². The highest BCUT2D eigenvalue weighted by Gasteiger charge is 2.73. The second-order valence-corrected chi connectivity index (χ2v) is 38.8. The topological polar surface area (TPSA) is 105 Å². The summed E-state index contributed by atoms with van der Waals surface area (Å²) >= 11 is 0. The number of fused-ring (bicyclic) bond motifs is 36. The summed E-state index contributed by atoms with van der Waals surface area (Å²) in [6, 6.07) is 0. The summed E-state index contributed by atoms with van der Waals surface area (Å²) in [5.74, 6) is 22.3. The third-order valence-electron chi connectivity index (χ3n) is 33.6. The van der Waals surface area contributed by atoms with E-state index >= 15 is 0 Å². The predicted octanol–water partition coefficient (Wildman–Crippen LogP) is 19.8. The molecule has 0 aromatic heterocycles. The largest absolute Gasteiger partial charge is 0.459 e. The number of esters is 4. The van der Waals surface area contributed by atoms with Crippen LogP contribution in [0.25, 0.3) is 0 Å². The lowest BCUT2D eigenvalue weighted by molar-refractivity contribution is -0.192. The van der Waals surface area contributed by atoms with Crippen LogP contribution in [0.3, 0.4) is 0 Å². The maximum absolute atomic E-state index is 13.0. The molecule has 16 aliphatic carbocycles. The summed E-state index contributed by atoms with van der Waals surface area (Å²) in [4.78, 5) is 51.1. The van der Waals surface area contributed by atoms with Crippen molar-refractivity contribution < 1.29 is 38.1 Å². The summed E-state index contributed by atoms with van der Waals surface area (Å²) in [5.41, 5.74) is -1.99. The molecule has 0 amide bonds. The van der Waals surface area contributed by atoms with Gasteiger partial charge in [-0.25, -0.2) is 0 Å². The fourth-order valence-corrected chi connectivity index (χ4v) is 27.4. The van der Waals surface area contributed by atoms with Gasteiger partial charge in [0.25, 0.3) is 0 Å². The van der Waals surface area contributed by atoms with E-state index < -0.39 is 0 Å². The number of rotatable bonds is 16. The first-order valence-corrected chi connectivity index (χ1v) is 39.3. The van der Waals surface area contributed by atoms with E-state index in [0.29, 0.717) is 35.5 Å². The van der Waals surface area contributed by atoms with Crippen molar-refractivity contribution in [2.24, 2.45) is 176 Å². The van der Waals surface area contributed by atoms with E-state index in [1.54, 1.807) is 0 Å². The van der Waals surface area contributed by atoms with Crippen molar-refractivity contribution in [1.29, 1.82) is 0 Å². The molecule has 8 heteroatoms. The van der Waals surface area contributed by atoms with Crippen LogP contribution >= 0.6 is 0 Å². The Morgan fingerprint density at radius 2 is 0.656 bits per heavy atom. The van der Waals surface area contributed by atoms with Crippen LogP contribution in [-0.4, -0.2) is 46.3 Å². The lowest BCUT2D eigenvalue weighted by atomic mass is 9.62. The second-order valence-electron chi connectivity index (χ2n) is 38.8. The van der Waals surface area contributed by atoms with Crippen LogP contribution in [0.5, 0.6) is 0 Å². The molecule has 0 heterocycles. The van der Waals surface area contributed by atoms with Gasteiger partial charge in [-0.1, -0.05) is 62.3 Å². The highest BCUT2D eigenvalue weighted by molar-refractivity contribution is 5.78. The summed E-state index contributed by atoms with van der Waals surface area (Å²) < 4.78 is 25.4. The first-order chi connectivity index (χ1) is 42.4. The molecule has 29 atom stereocenters. The number of carbonyl (C=O) groups excluding carboxylic acids is 4.